The van der Waals surface area contributed by atoms with Crippen LogP contribution in [0.25, 0.3) is 0 Å². The van der Waals surface area contributed by atoms with Gasteiger partial charge in [-0.05, 0) is 24.1 Å². The molecule has 100 valence electrons. The Kier molecular flexibility index (Phi) is 5.90. The molecule has 0 aromatic heterocycles. The van der Waals surface area contributed by atoms with Gasteiger partial charge in [-0.2, -0.15) is 0 Å². The van der Waals surface area contributed by atoms with Crippen LogP contribution in [-0.2, 0) is 6.42 Å². The van der Waals surface area contributed by atoms with Gasteiger partial charge in [0.15, 0.2) is 17.5 Å². The lowest BCUT2D eigenvalue weighted by Crippen LogP contribution is -2.31. The summed E-state index contributed by atoms with van der Waals surface area (Å²) >= 11 is 0. The van der Waals surface area contributed by atoms with Gasteiger partial charge in [-0.25, -0.2) is 4.39 Å². The Balaban J connectivity index is 2.53. The number of ether oxygens (including phenoxy) is 1. The summed E-state index contributed by atoms with van der Waals surface area (Å²) in [5.41, 5.74) is 6.01. The first-order valence-corrected chi connectivity index (χ1v) is 5.68. The Hall–Kier alpha value is -1.85. The fourth-order valence-corrected chi connectivity index (χ4v) is 1.39. The molecule has 0 saturated carbocycles. The molecule has 18 heavy (non-hydrogen) atoms. The topological polar surface area (TPSA) is 71.1 Å². The highest BCUT2D eigenvalue weighted by Crippen LogP contribution is 2.19. The zero-order valence-electron chi connectivity index (χ0n) is 10.0. The second kappa shape index (κ2) is 7.47. The molecule has 0 spiro atoms. The predicted molar refractivity (Wildman–Crippen MR) is 66.1 cm³/mol. The maximum absolute atomic E-state index is 13.4. The Morgan fingerprint density at radius 3 is 2.89 bits per heavy atom. The van der Waals surface area contributed by atoms with Crippen LogP contribution >= 0.6 is 0 Å². The summed E-state index contributed by atoms with van der Waals surface area (Å²) in [5, 5.41) is 9.65. The monoisotopic (exact) mass is 257 g/mol. The third-order valence-corrected chi connectivity index (χ3v) is 2.26. The van der Waals surface area contributed by atoms with Crippen molar-refractivity contribution in [2.24, 2.45) is 5.73 Å². The summed E-state index contributed by atoms with van der Waals surface area (Å²) in [7, 11) is 0. The van der Waals surface area contributed by atoms with Gasteiger partial charge >= 0.3 is 0 Å². The normalized spacial score (nSPS) is 10.1. The summed E-state index contributed by atoms with van der Waals surface area (Å²) in [6, 6.07) is 4.53. The van der Waals surface area contributed by atoms with E-state index in [1.807, 2.05) is 0 Å². The highest BCUT2D eigenvalue weighted by Gasteiger charge is 2.05. The molecule has 6 heteroatoms. The average molecular weight is 257 g/mol. The van der Waals surface area contributed by atoms with Crippen molar-refractivity contribution in [1.82, 2.24) is 5.32 Å². The van der Waals surface area contributed by atoms with Crippen molar-refractivity contribution in [3.63, 3.8) is 0 Å². The van der Waals surface area contributed by atoms with Gasteiger partial charge < -0.3 is 15.8 Å². The Morgan fingerprint density at radius 1 is 1.44 bits per heavy atom. The molecule has 1 rings (SSSR count). The van der Waals surface area contributed by atoms with Gasteiger partial charge in [-0.3, -0.25) is 9.80 Å². The van der Waals surface area contributed by atoms with Crippen molar-refractivity contribution in [2.45, 2.75) is 12.8 Å². The minimum atomic E-state index is -0.482. The summed E-state index contributed by atoms with van der Waals surface area (Å²) in [4.78, 5) is 0. The van der Waals surface area contributed by atoms with E-state index in [0.717, 1.165) is 5.56 Å². The third kappa shape index (κ3) is 4.99. The van der Waals surface area contributed by atoms with Crippen LogP contribution in [0.2, 0.25) is 0 Å². The van der Waals surface area contributed by atoms with E-state index in [1.54, 1.807) is 12.1 Å². The molecule has 1 aromatic carbocycles. The molecule has 0 radical (unpaired) electrons. The number of nitrogens with one attached hydrogen (secondary N) is 2. The van der Waals surface area contributed by atoms with Crippen LogP contribution in [0.5, 0.6) is 5.75 Å². The van der Waals surface area contributed by atoms with Crippen LogP contribution in [0.1, 0.15) is 12.0 Å². The van der Waals surface area contributed by atoms with E-state index < -0.39 is 12.5 Å². The zero-order valence-corrected chi connectivity index (χ0v) is 10.0. The minimum absolute atomic E-state index is 0.100. The fraction of sp³-hybridized carbons (Fsp3) is 0.417. The van der Waals surface area contributed by atoms with Crippen LogP contribution in [0.4, 0.5) is 8.78 Å². The van der Waals surface area contributed by atoms with Gasteiger partial charge in [0.05, 0.1) is 13.3 Å². The van der Waals surface area contributed by atoms with Crippen molar-refractivity contribution in [1.29, 1.82) is 5.41 Å². The van der Waals surface area contributed by atoms with Gasteiger partial charge in [0.1, 0.15) is 0 Å². The number of benzene rings is 1. The predicted octanol–water partition coefficient (Wildman–Crippen LogP) is 1.59. The van der Waals surface area contributed by atoms with Gasteiger partial charge in [0.2, 0.25) is 0 Å². The molecule has 1 aromatic rings. The molecule has 0 heterocycles. The lowest BCUT2D eigenvalue weighted by atomic mass is 10.1. The summed E-state index contributed by atoms with van der Waals surface area (Å²) in [6.45, 7) is 0.164. The molecule has 0 unspecified atom stereocenters. The minimum Gasteiger partial charge on any atom is -0.490 e. The maximum Gasteiger partial charge on any atom is 0.185 e. The van der Waals surface area contributed by atoms with Crippen molar-refractivity contribution < 1.29 is 13.5 Å². The van der Waals surface area contributed by atoms with Crippen LogP contribution in [0.3, 0.4) is 0 Å². The smallest absolute Gasteiger partial charge is 0.185 e. The molecule has 0 atom stereocenters. The molecular weight excluding hydrogens is 240 g/mol. The highest BCUT2D eigenvalue weighted by molar-refractivity contribution is 5.74. The number of rotatable bonds is 7. The first kappa shape index (κ1) is 14.2. The van der Waals surface area contributed by atoms with Crippen LogP contribution in [0, 0.1) is 11.2 Å². The van der Waals surface area contributed by atoms with Crippen LogP contribution < -0.4 is 15.8 Å². The average Bonchev–Trinajstić information content (AvgIpc) is 2.33. The molecule has 0 aliphatic rings. The van der Waals surface area contributed by atoms with Crippen LogP contribution in [-0.4, -0.2) is 25.8 Å². The number of nitrogens with two attached hydrogens (primary N) is 1. The summed E-state index contributed by atoms with van der Waals surface area (Å²) < 4.78 is 30.4. The summed E-state index contributed by atoms with van der Waals surface area (Å²) in [6.07, 6.45) is 0.842. The Morgan fingerprint density at radius 2 is 2.22 bits per heavy atom. The van der Waals surface area contributed by atoms with E-state index in [4.69, 9.17) is 15.9 Å². The van der Waals surface area contributed by atoms with Crippen molar-refractivity contribution >= 4 is 5.96 Å². The number of hydrogen-bond acceptors (Lipinski definition) is 2. The first-order valence-electron chi connectivity index (χ1n) is 5.68. The van der Waals surface area contributed by atoms with E-state index in [0.29, 0.717) is 13.0 Å². The highest BCUT2D eigenvalue weighted by atomic mass is 19.1. The van der Waals surface area contributed by atoms with Gasteiger partial charge in [-0.1, -0.05) is 6.07 Å². The third-order valence-electron chi connectivity index (χ3n) is 2.26. The van der Waals surface area contributed by atoms with E-state index in [9.17, 15) is 8.78 Å². The Labute approximate surface area is 105 Å². The van der Waals surface area contributed by atoms with Crippen molar-refractivity contribution in [3.8, 4) is 5.75 Å². The molecule has 4 nitrogen and oxygen atoms in total. The molecular formula is C12H17F2N3O. The van der Waals surface area contributed by atoms with Gasteiger partial charge in [0, 0.05) is 13.0 Å². The number of alkyl halides is 1. The van der Waals surface area contributed by atoms with Crippen molar-refractivity contribution in [2.75, 3.05) is 19.8 Å². The molecule has 4 N–H and O–H groups in total. The number of halogens is 2. The SMILES string of the molecule is N=C(N)NCCc1ccc(F)c(OCCCF)c1. The van der Waals surface area contributed by atoms with E-state index >= 15 is 0 Å². The lowest BCUT2D eigenvalue weighted by molar-refractivity contribution is 0.277. The molecule has 0 bridgehead atoms. The van der Waals surface area contributed by atoms with Gasteiger partial charge in [0.25, 0.3) is 0 Å². The van der Waals surface area contributed by atoms with E-state index in [1.165, 1.54) is 6.07 Å². The standard InChI is InChI=1S/C12H17F2N3O/c13-5-1-7-18-11-8-9(2-3-10(11)14)4-6-17-12(15)16/h2-3,8H,1,4-7H2,(H4,15,16,17). The molecule has 0 fully saturated rings. The van der Waals surface area contributed by atoms with Crippen molar-refractivity contribution in [3.05, 3.63) is 29.6 Å². The zero-order chi connectivity index (χ0) is 13.4. The molecule has 0 saturated heterocycles. The van der Waals surface area contributed by atoms with Crippen LogP contribution in [0.15, 0.2) is 18.2 Å². The molecule has 0 amide bonds. The quantitative estimate of drug-likeness (QED) is 0.394. The number of guanidine groups is 1. The second-order valence-corrected chi connectivity index (χ2v) is 3.75. The summed E-state index contributed by atoms with van der Waals surface area (Å²) in [5.74, 6) is -0.433. The lowest BCUT2D eigenvalue weighted by Gasteiger charge is -2.09. The fourth-order valence-electron chi connectivity index (χ4n) is 1.39. The first-order chi connectivity index (χ1) is 8.63. The largest absolute Gasteiger partial charge is 0.490 e. The maximum atomic E-state index is 13.4. The van der Waals surface area contributed by atoms with E-state index in [2.05, 4.69) is 5.32 Å². The molecule has 0 aliphatic carbocycles. The Bertz CT molecular complexity index is 399. The number of hydrogen-bond donors (Lipinski definition) is 3. The molecule has 0 aliphatic heterocycles. The van der Waals surface area contributed by atoms with E-state index in [-0.39, 0.29) is 24.7 Å². The van der Waals surface area contributed by atoms with Gasteiger partial charge in [-0.15, -0.1) is 0 Å². The second-order valence-electron chi connectivity index (χ2n) is 3.75.